The van der Waals surface area contributed by atoms with Crippen LogP contribution in [0, 0.1) is 0 Å². The van der Waals surface area contributed by atoms with Gasteiger partial charge in [-0.3, -0.25) is 0 Å². The minimum atomic E-state index is 0.833. The zero-order chi connectivity index (χ0) is 35.6. The molecule has 5 heteroatoms. The van der Waals surface area contributed by atoms with E-state index in [9.17, 15) is 0 Å². The lowest BCUT2D eigenvalue weighted by Crippen LogP contribution is -2.11. The van der Waals surface area contributed by atoms with E-state index < -0.39 is 0 Å². The standard InChI is InChI=1S/C49H30N2OS2/c1-3-12-31(13-4-1)36-16-7-9-20-41(36)51(34-24-22-32(23-25-34)37-18-11-19-39-38-17-8-10-21-44(38)53-48(37)39)35-26-27-40-43(30-35)52-42-28-29-45-47(46(40)42)50-49(54-45)33-14-5-2-6-15-33/h1-30H. The molecule has 0 spiro atoms. The van der Waals surface area contributed by atoms with Crippen LogP contribution in [0.25, 0.3) is 85.2 Å². The lowest BCUT2D eigenvalue weighted by molar-refractivity contribution is 0.669. The first kappa shape index (κ1) is 31.0. The van der Waals surface area contributed by atoms with Crippen LogP contribution >= 0.6 is 22.7 Å². The van der Waals surface area contributed by atoms with Gasteiger partial charge in [-0.2, -0.15) is 0 Å². The van der Waals surface area contributed by atoms with Crippen molar-refractivity contribution in [3.05, 3.63) is 182 Å². The molecular formula is C49H30N2OS2. The smallest absolute Gasteiger partial charge is 0.137 e. The number of anilines is 3. The summed E-state index contributed by atoms with van der Waals surface area (Å²) < 4.78 is 10.4. The number of nitrogens with zero attached hydrogens (tertiary/aromatic N) is 2. The summed E-state index contributed by atoms with van der Waals surface area (Å²) in [6, 6.07) is 64.9. The zero-order valence-electron chi connectivity index (χ0n) is 28.9. The van der Waals surface area contributed by atoms with E-state index in [0.717, 1.165) is 70.9 Å². The molecule has 0 unspecified atom stereocenters. The molecule has 0 N–H and O–H groups in total. The zero-order valence-corrected chi connectivity index (χ0v) is 30.6. The van der Waals surface area contributed by atoms with E-state index in [2.05, 4.69) is 181 Å². The number of hydrogen-bond acceptors (Lipinski definition) is 5. The van der Waals surface area contributed by atoms with Gasteiger partial charge in [0.25, 0.3) is 0 Å². The van der Waals surface area contributed by atoms with Crippen LogP contribution < -0.4 is 4.90 Å². The second-order valence-electron chi connectivity index (χ2n) is 13.5. The maximum Gasteiger partial charge on any atom is 0.137 e. The van der Waals surface area contributed by atoms with E-state index in [4.69, 9.17) is 9.40 Å². The van der Waals surface area contributed by atoms with Gasteiger partial charge in [0.1, 0.15) is 16.2 Å². The minimum absolute atomic E-state index is 0.833. The summed E-state index contributed by atoms with van der Waals surface area (Å²) in [4.78, 5) is 7.50. The topological polar surface area (TPSA) is 29.3 Å². The third kappa shape index (κ3) is 5.05. The first-order valence-electron chi connectivity index (χ1n) is 18.0. The molecule has 3 heterocycles. The number of rotatable bonds is 6. The second-order valence-corrected chi connectivity index (χ2v) is 15.6. The van der Waals surface area contributed by atoms with E-state index in [-0.39, 0.29) is 0 Å². The van der Waals surface area contributed by atoms with Crippen LogP contribution in [0.1, 0.15) is 0 Å². The number of benzene rings is 8. The van der Waals surface area contributed by atoms with Crippen molar-refractivity contribution in [3.63, 3.8) is 0 Å². The van der Waals surface area contributed by atoms with Gasteiger partial charge in [-0.05, 0) is 65.2 Å². The van der Waals surface area contributed by atoms with Crippen LogP contribution in [-0.4, -0.2) is 4.98 Å². The first-order chi connectivity index (χ1) is 26.8. The Morgan fingerprint density at radius 2 is 1.13 bits per heavy atom. The van der Waals surface area contributed by atoms with Gasteiger partial charge in [0, 0.05) is 54.1 Å². The van der Waals surface area contributed by atoms with Gasteiger partial charge >= 0.3 is 0 Å². The molecule has 0 amide bonds. The quantitative estimate of drug-likeness (QED) is 0.171. The number of hydrogen-bond donors (Lipinski definition) is 0. The molecule has 0 aliphatic heterocycles. The van der Waals surface area contributed by atoms with Gasteiger partial charge in [0.2, 0.25) is 0 Å². The van der Waals surface area contributed by atoms with Gasteiger partial charge in [0.15, 0.2) is 0 Å². The highest BCUT2D eigenvalue weighted by Crippen LogP contribution is 2.45. The van der Waals surface area contributed by atoms with Crippen molar-refractivity contribution in [1.82, 2.24) is 4.98 Å². The van der Waals surface area contributed by atoms with Gasteiger partial charge in [0.05, 0.1) is 21.3 Å². The maximum atomic E-state index is 6.63. The molecule has 54 heavy (non-hydrogen) atoms. The van der Waals surface area contributed by atoms with Gasteiger partial charge in [-0.1, -0.05) is 127 Å². The van der Waals surface area contributed by atoms with Gasteiger partial charge in [-0.15, -0.1) is 22.7 Å². The number of aromatic nitrogens is 1. The summed E-state index contributed by atoms with van der Waals surface area (Å²) in [6.45, 7) is 0. The Morgan fingerprint density at radius 1 is 0.444 bits per heavy atom. The highest BCUT2D eigenvalue weighted by Gasteiger charge is 2.21. The average molecular weight is 727 g/mol. The lowest BCUT2D eigenvalue weighted by atomic mass is 10.00. The molecule has 0 fully saturated rings. The highest BCUT2D eigenvalue weighted by molar-refractivity contribution is 7.26. The van der Waals surface area contributed by atoms with E-state index in [1.54, 1.807) is 11.3 Å². The van der Waals surface area contributed by atoms with Crippen molar-refractivity contribution in [1.29, 1.82) is 0 Å². The Hall–Kier alpha value is -6.53. The number of thiazole rings is 1. The molecule has 0 saturated heterocycles. The van der Waals surface area contributed by atoms with Crippen molar-refractivity contribution in [2.75, 3.05) is 4.90 Å². The van der Waals surface area contributed by atoms with E-state index in [0.29, 0.717) is 0 Å². The number of fused-ring (bicyclic) bond motifs is 8. The molecule has 0 atom stereocenters. The highest BCUT2D eigenvalue weighted by atomic mass is 32.1. The molecule has 0 radical (unpaired) electrons. The SMILES string of the molecule is c1ccc(-c2nc3c(ccc4oc5cc(N(c6ccc(-c7cccc8c7sc7ccccc78)cc6)c6ccccc6-c6ccccc6)ccc5c43)s2)cc1. The first-order valence-corrected chi connectivity index (χ1v) is 19.7. The van der Waals surface area contributed by atoms with Crippen LogP contribution in [0.4, 0.5) is 17.1 Å². The Labute approximate surface area is 319 Å². The third-order valence-electron chi connectivity index (χ3n) is 10.3. The number of furan rings is 1. The van der Waals surface area contributed by atoms with Crippen molar-refractivity contribution in [3.8, 4) is 32.8 Å². The van der Waals surface area contributed by atoms with E-state index in [1.807, 2.05) is 17.4 Å². The molecule has 0 aliphatic rings. The monoisotopic (exact) mass is 726 g/mol. The molecule has 0 bridgehead atoms. The van der Waals surface area contributed by atoms with Crippen molar-refractivity contribution in [2.45, 2.75) is 0 Å². The Kier molecular flexibility index (Phi) is 7.22. The summed E-state index contributed by atoms with van der Waals surface area (Å²) in [5, 5.41) is 5.75. The predicted molar refractivity (Wildman–Crippen MR) is 231 cm³/mol. The van der Waals surface area contributed by atoms with Crippen LogP contribution in [-0.2, 0) is 0 Å². The van der Waals surface area contributed by atoms with Crippen LogP contribution in [0.15, 0.2) is 186 Å². The normalized spacial score (nSPS) is 11.7. The molecule has 254 valence electrons. The predicted octanol–water partition coefficient (Wildman–Crippen LogP) is 15.0. The fourth-order valence-electron chi connectivity index (χ4n) is 7.81. The molecule has 0 aliphatic carbocycles. The Bertz CT molecular complexity index is 3160. The summed E-state index contributed by atoms with van der Waals surface area (Å²) in [5.41, 5.74) is 11.7. The van der Waals surface area contributed by atoms with Gasteiger partial charge < -0.3 is 9.32 Å². The van der Waals surface area contributed by atoms with Crippen LogP contribution in [0.3, 0.4) is 0 Å². The fourth-order valence-corrected chi connectivity index (χ4v) is 10.0. The van der Waals surface area contributed by atoms with Crippen LogP contribution in [0.2, 0.25) is 0 Å². The minimum Gasteiger partial charge on any atom is -0.456 e. The van der Waals surface area contributed by atoms with Crippen molar-refractivity contribution >= 4 is 92.1 Å². The summed E-state index contributed by atoms with van der Waals surface area (Å²) in [7, 11) is 0. The van der Waals surface area contributed by atoms with Gasteiger partial charge in [-0.25, -0.2) is 4.98 Å². The number of para-hydroxylation sites is 1. The molecule has 3 aromatic heterocycles. The molecule has 0 saturated carbocycles. The molecule has 3 nitrogen and oxygen atoms in total. The largest absolute Gasteiger partial charge is 0.456 e. The maximum absolute atomic E-state index is 6.63. The molecular weight excluding hydrogens is 697 g/mol. The Morgan fingerprint density at radius 3 is 1.98 bits per heavy atom. The molecule has 11 rings (SSSR count). The molecule has 11 aromatic rings. The summed E-state index contributed by atoms with van der Waals surface area (Å²) >= 11 is 3.59. The van der Waals surface area contributed by atoms with Crippen molar-refractivity contribution in [2.24, 2.45) is 0 Å². The molecule has 8 aromatic carbocycles. The average Bonchev–Trinajstić information content (AvgIpc) is 3.95. The second kappa shape index (κ2) is 12.6. The van der Waals surface area contributed by atoms with Crippen molar-refractivity contribution < 1.29 is 4.42 Å². The summed E-state index contributed by atoms with van der Waals surface area (Å²) in [6.07, 6.45) is 0. The summed E-state index contributed by atoms with van der Waals surface area (Å²) in [5.74, 6) is 0. The Balaban J connectivity index is 1.07. The van der Waals surface area contributed by atoms with Crippen LogP contribution in [0.5, 0.6) is 0 Å². The fraction of sp³-hybridized carbons (Fsp3) is 0. The third-order valence-corrected chi connectivity index (χ3v) is 12.6. The lowest BCUT2D eigenvalue weighted by Gasteiger charge is -2.28. The number of thiophene rings is 1. The van der Waals surface area contributed by atoms with E-state index in [1.165, 1.54) is 31.3 Å². The van der Waals surface area contributed by atoms with E-state index >= 15 is 0 Å².